The molecule has 0 heterocycles. The van der Waals surface area contributed by atoms with Crippen molar-refractivity contribution >= 4 is 0 Å². The fourth-order valence-electron chi connectivity index (χ4n) is 1.02. The molecule has 3 heteroatoms. The minimum atomic E-state index is -0.758. The second kappa shape index (κ2) is 6.58. The summed E-state index contributed by atoms with van der Waals surface area (Å²) in [4.78, 5) is 0. The topological polar surface area (TPSA) is 60.7 Å². The van der Waals surface area contributed by atoms with Crippen LogP contribution in [0.4, 0.5) is 0 Å². The van der Waals surface area contributed by atoms with Crippen molar-refractivity contribution in [3.05, 3.63) is 0 Å². The maximum atomic E-state index is 9.13. The van der Waals surface area contributed by atoms with Crippen LogP contribution in [0.3, 0.4) is 0 Å². The molecule has 3 N–H and O–H groups in total. The van der Waals surface area contributed by atoms with E-state index in [2.05, 4.69) is 6.92 Å². The first-order valence-electron chi connectivity index (χ1n) is 4.16. The van der Waals surface area contributed by atoms with Crippen molar-refractivity contribution in [2.24, 2.45) is 5.92 Å². The van der Waals surface area contributed by atoms with Crippen LogP contribution in [0, 0.1) is 5.92 Å². The van der Waals surface area contributed by atoms with E-state index in [0.717, 1.165) is 19.3 Å². The molecule has 0 saturated heterocycles. The van der Waals surface area contributed by atoms with Gasteiger partial charge in [0.25, 0.3) is 0 Å². The fourth-order valence-corrected chi connectivity index (χ4v) is 1.02. The van der Waals surface area contributed by atoms with E-state index in [1.54, 1.807) is 0 Å². The highest BCUT2D eigenvalue weighted by atomic mass is 16.3. The predicted octanol–water partition coefficient (Wildman–Crippen LogP) is 0.138. The van der Waals surface area contributed by atoms with E-state index in [1.165, 1.54) is 0 Å². The van der Waals surface area contributed by atoms with Crippen LogP contribution < -0.4 is 0 Å². The van der Waals surface area contributed by atoms with E-state index in [4.69, 9.17) is 15.3 Å². The Morgan fingerprint density at radius 3 is 2.18 bits per heavy atom. The van der Waals surface area contributed by atoms with Crippen LogP contribution >= 0.6 is 0 Å². The third kappa shape index (κ3) is 4.35. The molecular weight excluding hydrogens is 144 g/mol. The summed E-state index contributed by atoms with van der Waals surface area (Å²) in [7, 11) is 0. The number of aliphatic hydroxyl groups excluding tert-OH is 3. The quantitative estimate of drug-likeness (QED) is 0.520. The lowest BCUT2D eigenvalue weighted by Gasteiger charge is -2.18. The molecule has 11 heavy (non-hydrogen) atoms. The van der Waals surface area contributed by atoms with Gasteiger partial charge in [0.1, 0.15) is 0 Å². The van der Waals surface area contributed by atoms with Crippen LogP contribution in [-0.4, -0.2) is 34.6 Å². The van der Waals surface area contributed by atoms with Gasteiger partial charge in [0.05, 0.1) is 12.7 Å². The van der Waals surface area contributed by atoms with Crippen molar-refractivity contribution in [2.75, 3.05) is 13.2 Å². The van der Waals surface area contributed by atoms with Crippen molar-refractivity contribution in [1.82, 2.24) is 0 Å². The summed E-state index contributed by atoms with van der Waals surface area (Å²) in [6.07, 6.45) is 2.07. The molecule has 0 radical (unpaired) electrons. The first-order valence-corrected chi connectivity index (χ1v) is 4.16. The normalized spacial score (nSPS) is 16.4. The first-order chi connectivity index (χ1) is 5.26. The SMILES string of the molecule is CCCCC(CO)C(O)CO. The Morgan fingerprint density at radius 1 is 1.18 bits per heavy atom. The molecule has 0 bridgehead atoms. The van der Waals surface area contributed by atoms with Gasteiger partial charge in [-0.1, -0.05) is 19.8 Å². The van der Waals surface area contributed by atoms with Gasteiger partial charge in [-0.05, 0) is 6.42 Å². The Balaban J connectivity index is 3.56. The van der Waals surface area contributed by atoms with E-state index >= 15 is 0 Å². The van der Waals surface area contributed by atoms with Gasteiger partial charge in [-0.2, -0.15) is 0 Å². The summed E-state index contributed by atoms with van der Waals surface area (Å²) >= 11 is 0. The second-order valence-electron chi connectivity index (χ2n) is 2.83. The Hall–Kier alpha value is -0.120. The minimum Gasteiger partial charge on any atom is -0.396 e. The van der Waals surface area contributed by atoms with Gasteiger partial charge in [-0.25, -0.2) is 0 Å². The lowest BCUT2D eigenvalue weighted by Crippen LogP contribution is -2.27. The summed E-state index contributed by atoms with van der Waals surface area (Å²) in [5.74, 6) is -0.153. The van der Waals surface area contributed by atoms with Crippen molar-refractivity contribution in [1.29, 1.82) is 0 Å². The average molecular weight is 162 g/mol. The molecule has 0 spiro atoms. The van der Waals surface area contributed by atoms with Crippen LogP contribution in [0.25, 0.3) is 0 Å². The lowest BCUT2D eigenvalue weighted by atomic mass is 9.97. The minimum absolute atomic E-state index is 0.0400. The maximum absolute atomic E-state index is 9.13. The molecule has 0 aliphatic rings. The standard InChI is InChI=1S/C8H18O3/c1-2-3-4-7(5-9)8(11)6-10/h7-11H,2-6H2,1H3. The molecule has 0 fully saturated rings. The summed E-state index contributed by atoms with van der Waals surface area (Å²) in [5.41, 5.74) is 0. The monoisotopic (exact) mass is 162 g/mol. The number of hydrogen-bond donors (Lipinski definition) is 3. The molecule has 0 aromatic rings. The lowest BCUT2D eigenvalue weighted by molar-refractivity contribution is 0.0184. The van der Waals surface area contributed by atoms with Crippen LogP contribution in [-0.2, 0) is 0 Å². The van der Waals surface area contributed by atoms with Gasteiger partial charge in [-0.3, -0.25) is 0 Å². The smallest absolute Gasteiger partial charge is 0.0820 e. The van der Waals surface area contributed by atoms with Gasteiger partial charge < -0.3 is 15.3 Å². The molecule has 0 aliphatic carbocycles. The molecule has 3 nitrogen and oxygen atoms in total. The summed E-state index contributed by atoms with van der Waals surface area (Å²) < 4.78 is 0. The molecule has 0 rings (SSSR count). The molecule has 0 amide bonds. The fraction of sp³-hybridized carbons (Fsp3) is 1.00. The Kier molecular flexibility index (Phi) is 6.51. The van der Waals surface area contributed by atoms with Gasteiger partial charge >= 0.3 is 0 Å². The predicted molar refractivity (Wildman–Crippen MR) is 43.2 cm³/mol. The number of rotatable bonds is 6. The highest BCUT2D eigenvalue weighted by Crippen LogP contribution is 2.11. The molecule has 2 unspecified atom stereocenters. The summed E-state index contributed by atoms with van der Waals surface area (Å²) in [6.45, 7) is 1.76. The van der Waals surface area contributed by atoms with Crippen molar-refractivity contribution in [2.45, 2.75) is 32.3 Å². The van der Waals surface area contributed by atoms with Crippen LogP contribution in [0.1, 0.15) is 26.2 Å². The van der Waals surface area contributed by atoms with Crippen LogP contribution in [0.15, 0.2) is 0 Å². The van der Waals surface area contributed by atoms with E-state index < -0.39 is 6.10 Å². The van der Waals surface area contributed by atoms with E-state index in [-0.39, 0.29) is 19.1 Å². The molecule has 2 atom stereocenters. The van der Waals surface area contributed by atoms with Crippen molar-refractivity contribution < 1.29 is 15.3 Å². The zero-order valence-electron chi connectivity index (χ0n) is 7.03. The van der Waals surface area contributed by atoms with Crippen molar-refractivity contribution in [3.8, 4) is 0 Å². The van der Waals surface area contributed by atoms with Gasteiger partial charge in [0, 0.05) is 12.5 Å². The third-order valence-electron chi connectivity index (χ3n) is 1.89. The highest BCUT2D eigenvalue weighted by molar-refractivity contribution is 4.66. The van der Waals surface area contributed by atoms with E-state index in [1.807, 2.05) is 0 Å². The molecule has 0 aromatic carbocycles. The number of hydrogen-bond acceptors (Lipinski definition) is 3. The average Bonchev–Trinajstić information content (AvgIpc) is 2.05. The largest absolute Gasteiger partial charge is 0.396 e. The zero-order chi connectivity index (χ0) is 8.69. The highest BCUT2D eigenvalue weighted by Gasteiger charge is 2.16. The molecule has 0 aliphatic heterocycles. The van der Waals surface area contributed by atoms with Crippen molar-refractivity contribution in [3.63, 3.8) is 0 Å². The maximum Gasteiger partial charge on any atom is 0.0820 e. The van der Waals surface area contributed by atoms with Gasteiger partial charge in [-0.15, -0.1) is 0 Å². The Morgan fingerprint density at radius 2 is 1.82 bits per heavy atom. The van der Waals surface area contributed by atoms with Gasteiger partial charge in [0.2, 0.25) is 0 Å². The van der Waals surface area contributed by atoms with E-state index in [0.29, 0.717) is 0 Å². The number of unbranched alkanes of at least 4 members (excludes halogenated alkanes) is 1. The van der Waals surface area contributed by atoms with E-state index in [9.17, 15) is 0 Å². The Labute approximate surface area is 67.7 Å². The third-order valence-corrected chi connectivity index (χ3v) is 1.89. The van der Waals surface area contributed by atoms with Gasteiger partial charge in [0.15, 0.2) is 0 Å². The zero-order valence-corrected chi connectivity index (χ0v) is 7.03. The summed E-state index contributed by atoms with van der Waals surface area (Å²) in [5, 5.41) is 26.5. The van der Waals surface area contributed by atoms with Crippen LogP contribution in [0.2, 0.25) is 0 Å². The Bertz CT molecular complexity index is 85.4. The second-order valence-corrected chi connectivity index (χ2v) is 2.83. The molecule has 0 aromatic heterocycles. The summed E-state index contributed by atoms with van der Waals surface area (Å²) in [6, 6.07) is 0. The molecule has 0 saturated carbocycles. The molecular formula is C8H18O3. The first kappa shape index (κ1) is 10.9. The number of aliphatic hydroxyl groups is 3. The molecule has 68 valence electrons. The van der Waals surface area contributed by atoms with Crippen LogP contribution in [0.5, 0.6) is 0 Å².